The van der Waals surface area contributed by atoms with E-state index in [4.69, 9.17) is 5.11 Å². The van der Waals surface area contributed by atoms with Gasteiger partial charge in [0.15, 0.2) is 0 Å². The monoisotopic (exact) mass is 300 g/mol. The minimum atomic E-state index is 0.0929. The zero-order valence-corrected chi connectivity index (χ0v) is 13.3. The Kier molecular flexibility index (Phi) is 6.49. The molecule has 1 heterocycles. The lowest BCUT2D eigenvalue weighted by atomic mass is 10.00. The number of likely N-dealkylation sites (tertiary alicyclic amines) is 1. The molecule has 3 unspecified atom stereocenters. The van der Waals surface area contributed by atoms with Gasteiger partial charge < -0.3 is 15.3 Å². The highest BCUT2D eigenvalue weighted by Crippen LogP contribution is 2.30. The number of rotatable bonds is 5. The first-order chi connectivity index (χ1) is 9.74. The van der Waals surface area contributed by atoms with Gasteiger partial charge in [0.25, 0.3) is 0 Å². The first kappa shape index (κ1) is 16.0. The molecule has 5 heteroatoms. The van der Waals surface area contributed by atoms with E-state index in [9.17, 15) is 4.79 Å². The number of hydrogen-bond donors (Lipinski definition) is 2. The minimum absolute atomic E-state index is 0.0929. The summed E-state index contributed by atoms with van der Waals surface area (Å²) in [5.74, 6) is 1.16. The van der Waals surface area contributed by atoms with Crippen LogP contribution in [0.4, 0.5) is 4.79 Å². The Labute approximate surface area is 126 Å². The summed E-state index contributed by atoms with van der Waals surface area (Å²) < 4.78 is 0. The van der Waals surface area contributed by atoms with Crippen molar-refractivity contribution in [1.29, 1.82) is 0 Å². The van der Waals surface area contributed by atoms with Gasteiger partial charge in [-0.15, -0.1) is 0 Å². The summed E-state index contributed by atoms with van der Waals surface area (Å²) in [5.41, 5.74) is 0. The van der Waals surface area contributed by atoms with Crippen LogP contribution in [-0.2, 0) is 0 Å². The summed E-state index contributed by atoms with van der Waals surface area (Å²) in [5, 5.41) is 13.1. The number of thioether (sulfide) groups is 1. The summed E-state index contributed by atoms with van der Waals surface area (Å²) in [6.07, 6.45) is 7.47. The average molecular weight is 300 g/mol. The second-order valence-electron chi connectivity index (χ2n) is 5.89. The molecule has 0 aromatic heterocycles. The maximum Gasteiger partial charge on any atom is 0.317 e. The number of carbonyl (C=O) groups is 1. The summed E-state index contributed by atoms with van der Waals surface area (Å²) in [4.78, 5) is 14.4. The molecule has 2 fully saturated rings. The van der Waals surface area contributed by atoms with Crippen LogP contribution in [0.3, 0.4) is 0 Å². The van der Waals surface area contributed by atoms with Crippen molar-refractivity contribution in [2.24, 2.45) is 0 Å². The number of hydrogen-bond acceptors (Lipinski definition) is 3. The van der Waals surface area contributed by atoms with E-state index in [1.807, 2.05) is 16.7 Å². The SMILES string of the molecule is CCSC1CCC(NC(=O)N2CCCCC2CCO)C1. The van der Waals surface area contributed by atoms with Crippen LogP contribution in [0.1, 0.15) is 51.9 Å². The predicted molar refractivity (Wildman–Crippen MR) is 84.1 cm³/mol. The van der Waals surface area contributed by atoms with E-state index in [2.05, 4.69) is 12.2 Å². The minimum Gasteiger partial charge on any atom is -0.396 e. The van der Waals surface area contributed by atoms with Crippen LogP contribution in [0, 0.1) is 0 Å². The third-order valence-electron chi connectivity index (χ3n) is 4.46. The van der Waals surface area contributed by atoms with Gasteiger partial charge in [0, 0.05) is 30.5 Å². The zero-order valence-electron chi connectivity index (χ0n) is 12.5. The van der Waals surface area contributed by atoms with E-state index < -0.39 is 0 Å². The molecular formula is C15H28N2O2S. The lowest BCUT2D eigenvalue weighted by Crippen LogP contribution is -2.51. The van der Waals surface area contributed by atoms with Crippen LogP contribution in [0.2, 0.25) is 0 Å². The molecular weight excluding hydrogens is 272 g/mol. The standard InChI is InChI=1S/C15H28N2O2S/c1-2-20-14-7-6-12(11-14)16-15(19)17-9-4-3-5-13(17)8-10-18/h12-14,18H,2-11H2,1H3,(H,16,19). The number of amides is 2. The molecule has 1 aliphatic heterocycles. The van der Waals surface area contributed by atoms with Crippen molar-refractivity contribution < 1.29 is 9.90 Å². The summed E-state index contributed by atoms with van der Waals surface area (Å²) in [6.45, 7) is 3.22. The maximum absolute atomic E-state index is 12.4. The van der Waals surface area contributed by atoms with Crippen LogP contribution in [0.15, 0.2) is 0 Å². The molecule has 116 valence electrons. The van der Waals surface area contributed by atoms with E-state index in [1.54, 1.807) is 0 Å². The molecule has 2 rings (SSSR count). The van der Waals surface area contributed by atoms with Crippen molar-refractivity contribution in [3.8, 4) is 0 Å². The van der Waals surface area contributed by atoms with Crippen LogP contribution >= 0.6 is 11.8 Å². The highest BCUT2D eigenvalue weighted by Gasteiger charge is 2.30. The average Bonchev–Trinajstić information content (AvgIpc) is 2.87. The number of nitrogens with zero attached hydrogens (tertiary/aromatic N) is 1. The molecule has 4 nitrogen and oxygen atoms in total. The van der Waals surface area contributed by atoms with Crippen LogP contribution < -0.4 is 5.32 Å². The molecule has 2 amide bonds. The molecule has 2 aliphatic rings. The van der Waals surface area contributed by atoms with Crippen molar-refractivity contribution in [1.82, 2.24) is 10.2 Å². The largest absolute Gasteiger partial charge is 0.396 e. The number of urea groups is 1. The first-order valence-corrected chi connectivity index (χ1v) is 9.09. The Morgan fingerprint density at radius 2 is 2.20 bits per heavy atom. The van der Waals surface area contributed by atoms with Gasteiger partial charge in [0.05, 0.1) is 0 Å². The molecule has 0 aromatic rings. The van der Waals surface area contributed by atoms with Gasteiger partial charge in [0.1, 0.15) is 0 Å². The highest BCUT2D eigenvalue weighted by atomic mass is 32.2. The molecule has 20 heavy (non-hydrogen) atoms. The van der Waals surface area contributed by atoms with E-state index in [-0.39, 0.29) is 18.7 Å². The Morgan fingerprint density at radius 1 is 1.35 bits per heavy atom. The van der Waals surface area contributed by atoms with E-state index in [0.29, 0.717) is 12.5 Å². The molecule has 1 aliphatic carbocycles. The number of aliphatic hydroxyl groups is 1. The van der Waals surface area contributed by atoms with Crippen molar-refractivity contribution in [3.63, 3.8) is 0 Å². The Morgan fingerprint density at radius 3 is 2.95 bits per heavy atom. The van der Waals surface area contributed by atoms with Crippen molar-refractivity contribution >= 4 is 17.8 Å². The molecule has 3 atom stereocenters. The molecule has 1 saturated carbocycles. The molecule has 0 aromatic carbocycles. The normalized spacial score (nSPS) is 30.5. The number of piperidine rings is 1. The molecule has 0 radical (unpaired) electrons. The lowest BCUT2D eigenvalue weighted by Gasteiger charge is -2.36. The van der Waals surface area contributed by atoms with Gasteiger partial charge in [-0.05, 0) is 50.7 Å². The fraction of sp³-hybridized carbons (Fsp3) is 0.933. The Bertz CT molecular complexity index is 312. The number of carbonyl (C=O) groups excluding carboxylic acids is 1. The van der Waals surface area contributed by atoms with Crippen molar-refractivity contribution in [2.45, 2.75) is 69.2 Å². The number of nitrogens with one attached hydrogen (secondary N) is 1. The lowest BCUT2D eigenvalue weighted by molar-refractivity contribution is 0.129. The topological polar surface area (TPSA) is 52.6 Å². The molecule has 1 saturated heterocycles. The third-order valence-corrected chi connectivity index (χ3v) is 5.70. The van der Waals surface area contributed by atoms with Gasteiger partial charge in [-0.25, -0.2) is 4.79 Å². The van der Waals surface area contributed by atoms with Crippen molar-refractivity contribution in [3.05, 3.63) is 0 Å². The maximum atomic E-state index is 12.4. The molecule has 2 N–H and O–H groups in total. The summed E-state index contributed by atoms with van der Waals surface area (Å²) in [7, 11) is 0. The van der Waals surface area contributed by atoms with Gasteiger partial charge in [-0.3, -0.25) is 0 Å². The van der Waals surface area contributed by atoms with Crippen molar-refractivity contribution in [2.75, 3.05) is 18.9 Å². The smallest absolute Gasteiger partial charge is 0.317 e. The van der Waals surface area contributed by atoms with E-state index in [0.717, 1.165) is 43.2 Å². The first-order valence-electron chi connectivity index (χ1n) is 8.04. The molecule has 0 spiro atoms. The van der Waals surface area contributed by atoms with Gasteiger partial charge in [-0.2, -0.15) is 11.8 Å². The van der Waals surface area contributed by atoms with Crippen LogP contribution in [0.25, 0.3) is 0 Å². The third kappa shape index (κ3) is 4.29. The Hall–Kier alpha value is -0.420. The summed E-state index contributed by atoms with van der Waals surface area (Å²) in [6, 6.07) is 0.675. The zero-order chi connectivity index (χ0) is 14.4. The predicted octanol–water partition coefficient (Wildman–Crippen LogP) is 2.61. The number of aliphatic hydroxyl groups excluding tert-OH is 1. The summed E-state index contributed by atoms with van der Waals surface area (Å²) >= 11 is 2.02. The van der Waals surface area contributed by atoms with Crippen LogP contribution in [0.5, 0.6) is 0 Å². The second-order valence-corrected chi connectivity index (χ2v) is 7.47. The van der Waals surface area contributed by atoms with Gasteiger partial charge in [-0.1, -0.05) is 6.92 Å². The Balaban J connectivity index is 1.81. The molecule has 0 bridgehead atoms. The highest BCUT2D eigenvalue weighted by molar-refractivity contribution is 7.99. The fourth-order valence-corrected chi connectivity index (χ4v) is 4.58. The van der Waals surface area contributed by atoms with Crippen LogP contribution in [-0.4, -0.2) is 52.3 Å². The quantitative estimate of drug-likeness (QED) is 0.820. The van der Waals surface area contributed by atoms with E-state index >= 15 is 0 Å². The second kappa shape index (κ2) is 8.13. The van der Waals surface area contributed by atoms with E-state index in [1.165, 1.54) is 12.8 Å². The van der Waals surface area contributed by atoms with Gasteiger partial charge in [0.2, 0.25) is 0 Å². The fourth-order valence-electron chi connectivity index (χ4n) is 3.43. The van der Waals surface area contributed by atoms with Gasteiger partial charge >= 0.3 is 6.03 Å².